The minimum Gasteiger partial charge on any atom is -0.395 e. The van der Waals surface area contributed by atoms with Crippen molar-refractivity contribution in [2.24, 2.45) is 0 Å². The maximum absolute atomic E-state index is 8.79. The number of aryl methyl sites for hydroxylation is 2. The molecule has 1 atom stereocenters. The maximum atomic E-state index is 8.79. The number of benzene rings is 1. The minimum atomic E-state index is 0.0819. The molecule has 0 saturated heterocycles. The third kappa shape index (κ3) is 2.82. The molecular formula is C14H21N3OS. The summed E-state index contributed by atoms with van der Waals surface area (Å²) >= 11 is 5.23. The van der Waals surface area contributed by atoms with E-state index in [1.165, 1.54) is 27.9 Å². The number of fused-ring (bicyclic) bond motifs is 1. The van der Waals surface area contributed by atoms with Gasteiger partial charge in [-0.3, -0.25) is 0 Å². The van der Waals surface area contributed by atoms with Gasteiger partial charge in [-0.25, -0.2) is 0 Å². The SMILES string of the molecule is Cc1cc(C)c2c(c1C)C(NC(=S)NCCO)CN2. The Bertz CT molecular complexity index is 502. The molecule has 0 amide bonds. The second-order valence-electron chi connectivity index (χ2n) is 4.98. The number of rotatable bonds is 3. The molecule has 0 aromatic heterocycles. The normalized spacial score (nSPS) is 16.7. The number of aliphatic hydroxyl groups excluding tert-OH is 1. The van der Waals surface area contributed by atoms with Crippen LogP contribution in [0.15, 0.2) is 6.07 Å². The topological polar surface area (TPSA) is 56.3 Å². The van der Waals surface area contributed by atoms with Crippen molar-refractivity contribution in [2.45, 2.75) is 26.8 Å². The Morgan fingerprint density at radius 2 is 2.16 bits per heavy atom. The van der Waals surface area contributed by atoms with Crippen molar-refractivity contribution in [2.75, 3.05) is 25.0 Å². The lowest BCUT2D eigenvalue weighted by molar-refractivity contribution is 0.300. The van der Waals surface area contributed by atoms with Crippen molar-refractivity contribution < 1.29 is 5.11 Å². The Hall–Kier alpha value is -1.33. The molecule has 0 spiro atoms. The van der Waals surface area contributed by atoms with Crippen LogP contribution in [0.25, 0.3) is 0 Å². The van der Waals surface area contributed by atoms with Gasteiger partial charge in [-0.2, -0.15) is 0 Å². The van der Waals surface area contributed by atoms with Gasteiger partial charge in [0.1, 0.15) is 0 Å². The van der Waals surface area contributed by atoms with E-state index in [9.17, 15) is 0 Å². The Morgan fingerprint density at radius 3 is 2.84 bits per heavy atom. The number of thiocarbonyl (C=S) groups is 1. The van der Waals surface area contributed by atoms with Gasteiger partial charge in [0.2, 0.25) is 0 Å². The van der Waals surface area contributed by atoms with Crippen LogP contribution in [0.4, 0.5) is 5.69 Å². The lowest BCUT2D eigenvalue weighted by atomic mass is 9.95. The molecule has 0 bridgehead atoms. The first-order valence-electron chi connectivity index (χ1n) is 6.54. The molecule has 0 fully saturated rings. The third-order valence-corrected chi connectivity index (χ3v) is 3.89. The van der Waals surface area contributed by atoms with Gasteiger partial charge in [0.25, 0.3) is 0 Å². The average Bonchev–Trinajstić information content (AvgIpc) is 2.78. The summed E-state index contributed by atoms with van der Waals surface area (Å²) in [5, 5.41) is 19.1. The van der Waals surface area contributed by atoms with Crippen LogP contribution in [0, 0.1) is 20.8 Å². The summed E-state index contributed by atoms with van der Waals surface area (Å²) in [4.78, 5) is 0. The fourth-order valence-electron chi connectivity index (χ4n) is 2.60. The Morgan fingerprint density at radius 1 is 1.42 bits per heavy atom. The van der Waals surface area contributed by atoms with Gasteiger partial charge in [0.05, 0.1) is 12.6 Å². The molecule has 2 rings (SSSR count). The molecule has 1 aromatic carbocycles. The zero-order valence-electron chi connectivity index (χ0n) is 11.6. The van der Waals surface area contributed by atoms with E-state index in [4.69, 9.17) is 17.3 Å². The maximum Gasteiger partial charge on any atom is 0.166 e. The standard InChI is InChI=1S/C14H21N3OS/c1-8-6-9(2)13-12(10(8)3)11(7-16-13)17-14(19)15-4-5-18/h6,11,16,18H,4-5,7H2,1-3H3,(H2,15,17,19). The van der Waals surface area contributed by atoms with Gasteiger partial charge in [-0.1, -0.05) is 6.07 Å². The molecule has 1 aliphatic heterocycles. The van der Waals surface area contributed by atoms with Crippen molar-refractivity contribution in [1.82, 2.24) is 10.6 Å². The molecule has 0 saturated carbocycles. The molecule has 4 nitrogen and oxygen atoms in total. The second-order valence-corrected chi connectivity index (χ2v) is 5.39. The molecule has 5 heteroatoms. The number of hydrogen-bond donors (Lipinski definition) is 4. The van der Waals surface area contributed by atoms with Crippen molar-refractivity contribution in [3.63, 3.8) is 0 Å². The summed E-state index contributed by atoms with van der Waals surface area (Å²) in [5.74, 6) is 0. The number of hydrogen-bond acceptors (Lipinski definition) is 3. The number of anilines is 1. The molecule has 19 heavy (non-hydrogen) atoms. The third-order valence-electron chi connectivity index (χ3n) is 3.63. The summed E-state index contributed by atoms with van der Waals surface area (Å²) in [7, 11) is 0. The van der Waals surface area contributed by atoms with Crippen molar-refractivity contribution >= 4 is 23.0 Å². The number of aliphatic hydroxyl groups is 1. The van der Waals surface area contributed by atoms with Gasteiger partial charge in [-0.15, -0.1) is 0 Å². The van der Waals surface area contributed by atoms with Crippen LogP contribution in [-0.2, 0) is 0 Å². The van der Waals surface area contributed by atoms with Crippen LogP contribution in [0.2, 0.25) is 0 Å². The fraction of sp³-hybridized carbons (Fsp3) is 0.500. The molecule has 1 heterocycles. The zero-order valence-corrected chi connectivity index (χ0v) is 12.4. The molecule has 1 aliphatic rings. The predicted molar refractivity (Wildman–Crippen MR) is 82.7 cm³/mol. The Kier molecular flexibility index (Phi) is 4.27. The van der Waals surface area contributed by atoms with E-state index in [0.29, 0.717) is 11.7 Å². The van der Waals surface area contributed by atoms with Crippen LogP contribution in [-0.4, -0.2) is 29.9 Å². The Balaban J connectivity index is 2.19. The minimum absolute atomic E-state index is 0.0819. The van der Waals surface area contributed by atoms with Gasteiger partial charge in [-0.05, 0) is 49.7 Å². The van der Waals surface area contributed by atoms with Crippen molar-refractivity contribution in [3.8, 4) is 0 Å². The molecule has 104 valence electrons. The summed E-state index contributed by atoms with van der Waals surface area (Å²) in [5.41, 5.74) is 6.43. The van der Waals surface area contributed by atoms with Crippen LogP contribution in [0.3, 0.4) is 0 Å². The highest BCUT2D eigenvalue weighted by Crippen LogP contribution is 2.36. The first-order chi connectivity index (χ1) is 9.04. The molecular weight excluding hydrogens is 258 g/mol. The summed E-state index contributed by atoms with van der Waals surface area (Å²) in [6.07, 6.45) is 0. The average molecular weight is 279 g/mol. The quantitative estimate of drug-likeness (QED) is 0.632. The first-order valence-corrected chi connectivity index (χ1v) is 6.95. The highest BCUT2D eigenvalue weighted by molar-refractivity contribution is 7.80. The highest BCUT2D eigenvalue weighted by Gasteiger charge is 2.26. The van der Waals surface area contributed by atoms with Crippen LogP contribution < -0.4 is 16.0 Å². The van der Waals surface area contributed by atoms with E-state index in [1.54, 1.807) is 0 Å². The van der Waals surface area contributed by atoms with Gasteiger partial charge >= 0.3 is 0 Å². The summed E-state index contributed by atoms with van der Waals surface area (Å²) in [6.45, 7) is 7.81. The van der Waals surface area contributed by atoms with Crippen LogP contribution in [0.5, 0.6) is 0 Å². The largest absolute Gasteiger partial charge is 0.395 e. The van der Waals surface area contributed by atoms with Gasteiger partial charge < -0.3 is 21.1 Å². The van der Waals surface area contributed by atoms with E-state index in [0.717, 1.165) is 6.54 Å². The fourth-order valence-corrected chi connectivity index (χ4v) is 2.84. The van der Waals surface area contributed by atoms with E-state index in [2.05, 4.69) is 42.8 Å². The van der Waals surface area contributed by atoms with Crippen molar-refractivity contribution in [1.29, 1.82) is 0 Å². The summed E-state index contributed by atoms with van der Waals surface area (Å²) < 4.78 is 0. The smallest absolute Gasteiger partial charge is 0.166 e. The molecule has 0 aliphatic carbocycles. The highest BCUT2D eigenvalue weighted by atomic mass is 32.1. The molecule has 4 N–H and O–H groups in total. The second kappa shape index (κ2) is 5.75. The summed E-state index contributed by atoms with van der Waals surface area (Å²) in [6, 6.07) is 2.40. The molecule has 1 aromatic rings. The molecule has 0 radical (unpaired) electrons. The monoisotopic (exact) mass is 279 g/mol. The van der Waals surface area contributed by atoms with Gasteiger partial charge in [0.15, 0.2) is 5.11 Å². The zero-order chi connectivity index (χ0) is 14.0. The first kappa shape index (κ1) is 14.1. The van der Waals surface area contributed by atoms with E-state index in [1.807, 2.05) is 0 Å². The van der Waals surface area contributed by atoms with E-state index < -0.39 is 0 Å². The van der Waals surface area contributed by atoms with Crippen LogP contribution >= 0.6 is 12.2 Å². The Labute approximate surface area is 119 Å². The van der Waals surface area contributed by atoms with E-state index >= 15 is 0 Å². The van der Waals surface area contributed by atoms with Gasteiger partial charge in [0, 0.05) is 24.3 Å². The van der Waals surface area contributed by atoms with E-state index in [-0.39, 0.29) is 12.6 Å². The lowest BCUT2D eigenvalue weighted by Crippen LogP contribution is -2.39. The van der Waals surface area contributed by atoms with Crippen LogP contribution in [0.1, 0.15) is 28.3 Å². The predicted octanol–water partition coefficient (Wildman–Crippen LogP) is 1.53. The lowest BCUT2D eigenvalue weighted by Gasteiger charge is -2.19. The number of nitrogens with one attached hydrogen (secondary N) is 3. The van der Waals surface area contributed by atoms with Crippen molar-refractivity contribution in [3.05, 3.63) is 28.3 Å². The molecule has 1 unspecified atom stereocenters.